The number of aromatic nitrogens is 4. The van der Waals surface area contributed by atoms with Crippen LogP contribution in [0, 0.1) is 12.7 Å². The number of hydrogen-bond acceptors (Lipinski definition) is 5. The summed E-state index contributed by atoms with van der Waals surface area (Å²) in [4.78, 5) is 21.8. The molecule has 0 aliphatic heterocycles. The SMILES string of the molecule is C/C(=C\NC(=O)N=c1scc(C)n1-c1ccc(F)cc1C(C)C)c1ccc(-c2ncn(-c3ccc(OC(F)(F)F)cc3)n2)cc1. The molecule has 0 saturated heterocycles. The number of hydrogen-bond donors (Lipinski definition) is 1. The molecule has 3 aromatic carbocycles. The first kappa shape index (κ1) is 31.4. The maximum absolute atomic E-state index is 14.0. The van der Waals surface area contributed by atoms with Crippen LogP contribution < -0.4 is 14.9 Å². The summed E-state index contributed by atoms with van der Waals surface area (Å²) in [6.07, 6.45) is -1.73. The van der Waals surface area contributed by atoms with Crippen LogP contribution in [0.3, 0.4) is 0 Å². The van der Waals surface area contributed by atoms with Gasteiger partial charge in [0.05, 0.1) is 11.4 Å². The van der Waals surface area contributed by atoms with Gasteiger partial charge in [0.1, 0.15) is 17.9 Å². The average Bonchev–Trinajstić information content (AvgIpc) is 3.63. The highest BCUT2D eigenvalue weighted by molar-refractivity contribution is 7.07. The van der Waals surface area contributed by atoms with Crippen LogP contribution in [0.15, 0.2) is 89.6 Å². The first-order valence-electron chi connectivity index (χ1n) is 13.8. The molecule has 0 aliphatic carbocycles. The molecule has 2 heterocycles. The maximum Gasteiger partial charge on any atom is 0.573 e. The summed E-state index contributed by atoms with van der Waals surface area (Å²) in [6, 6.07) is 16.7. The van der Waals surface area contributed by atoms with E-state index in [9.17, 15) is 22.4 Å². The van der Waals surface area contributed by atoms with Crippen molar-refractivity contribution in [3.8, 4) is 28.5 Å². The van der Waals surface area contributed by atoms with Crippen molar-refractivity contribution >= 4 is 22.9 Å². The molecule has 1 N–H and O–H groups in total. The molecule has 0 aliphatic rings. The number of carbonyl (C=O) groups is 1. The Hall–Kier alpha value is -5.04. The Labute approximate surface area is 260 Å². The summed E-state index contributed by atoms with van der Waals surface area (Å²) in [5, 5.41) is 9.02. The van der Waals surface area contributed by atoms with Gasteiger partial charge in [-0.1, -0.05) is 38.1 Å². The highest BCUT2D eigenvalue weighted by atomic mass is 32.1. The lowest BCUT2D eigenvalue weighted by Gasteiger charge is -2.15. The third-order valence-corrected chi connectivity index (χ3v) is 7.71. The van der Waals surface area contributed by atoms with E-state index in [1.165, 1.54) is 58.7 Å². The van der Waals surface area contributed by atoms with Crippen molar-refractivity contribution in [3.63, 3.8) is 0 Å². The highest BCUT2D eigenvalue weighted by Crippen LogP contribution is 2.26. The number of nitrogens with one attached hydrogen (secondary N) is 1. The first-order valence-corrected chi connectivity index (χ1v) is 14.6. The number of ether oxygens (including phenoxy) is 1. The summed E-state index contributed by atoms with van der Waals surface area (Å²) in [5.41, 5.74) is 5.32. The summed E-state index contributed by atoms with van der Waals surface area (Å²) in [5.74, 6) is -0.160. The lowest BCUT2D eigenvalue weighted by molar-refractivity contribution is -0.274. The number of aryl methyl sites for hydroxylation is 1. The normalized spacial score (nSPS) is 12.6. The van der Waals surface area contributed by atoms with Crippen LogP contribution in [0.4, 0.5) is 22.4 Å². The van der Waals surface area contributed by atoms with Gasteiger partial charge < -0.3 is 10.1 Å². The minimum Gasteiger partial charge on any atom is -0.406 e. The molecule has 232 valence electrons. The fourth-order valence-electron chi connectivity index (χ4n) is 4.53. The second-order valence-corrected chi connectivity index (χ2v) is 11.2. The van der Waals surface area contributed by atoms with Gasteiger partial charge in [0.25, 0.3) is 0 Å². The highest BCUT2D eigenvalue weighted by Gasteiger charge is 2.31. The minimum absolute atomic E-state index is 0.0649. The zero-order valence-corrected chi connectivity index (χ0v) is 25.4. The number of halogens is 4. The predicted octanol–water partition coefficient (Wildman–Crippen LogP) is 7.93. The smallest absolute Gasteiger partial charge is 0.406 e. The van der Waals surface area contributed by atoms with Crippen LogP contribution in [0.5, 0.6) is 5.75 Å². The van der Waals surface area contributed by atoms with Crippen molar-refractivity contribution in [2.75, 3.05) is 0 Å². The van der Waals surface area contributed by atoms with Gasteiger partial charge in [0.15, 0.2) is 10.6 Å². The van der Waals surface area contributed by atoms with Crippen molar-refractivity contribution in [1.29, 1.82) is 0 Å². The number of urea groups is 1. The molecule has 0 unspecified atom stereocenters. The maximum atomic E-state index is 14.0. The molecule has 8 nitrogen and oxygen atoms in total. The Morgan fingerprint density at radius 2 is 1.78 bits per heavy atom. The zero-order chi connectivity index (χ0) is 32.3. The number of thiazole rings is 1. The number of alkyl halides is 3. The van der Waals surface area contributed by atoms with Gasteiger partial charge in [-0.15, -0.1) is 29.6 Å². The van der Waals surface area contributed by atoms with Crippen LogP contribution in [-0.4, -0.2) is 31.7 Å². The summed E-state index contributed by atoms with van der Waals surface area (Å²) in [6.45, 7) is 7.71. The third-order valence-electron chi connectivity index (χ3n) is 6.77. The zero-order valence-electron chi connectivity index (χ0n) is 24.6. The lowest BCUT2D eigenvalue weighted by Crippen LogP contribution is -2.22. The van der Waals surface area contributed by atoms with E-state index in [4.69, 9.17) is 0 Å². The topological polar surface area (TPSA) is 86.3 Å². The van der Waals surface area contributed by atoms with Crippen molar-refractivity contribution in [2.24, 2.45) is 4.99 Å². The molecule has 0 atom stereocenters. The van der Waals surface area contributed by atoms with Crippen LogP contribution in [0.1, 0.15) is 43.5 Å². The van der Waals surface area contributed by atoms with Gasteiger partial charge in [0, 0.05) is 22.8 Å². The molecule has 2 aromatic heterocycles. The summed E-state index contributed by atoms with van der Waals surface area (Å²) in [7, 11) is 0. The van der Waals surface area contributed by atoms with Gasteiger partial charge in [-0.05, 0) is 78.9 Å². The third kappa shape index (κ3) is 7.55. The van der Waals surface area contributed by atoms with E-state index < -0.39 is 12.4 Å². The second-order valence-electron chi connectivity index (χ2n) is 10.4. The van der Waals surface area contributed by atoms with E-state index in [1.807, 2.05) is 61.9 Å². The van der Waals surface area contributed by atoms with E-state index in [-0.39, 0.29) is 17.5 Å². The first-order chi connectivity index (χ1) is 21.4. The van der Waals surface area contributed by atoms with E-state index in [0.717, 1.165) is 33.6 Å². The fourth-order valence-corrected chi connectivity index (χ4v) is 5.39. The average molecular weight is 637 g/mol. The van der Waals surface area contributed by atoms with Crippen molar-refractivity contribution < 1.29 is 27.1 Å². The molecule has 5 aromatic rings. The van der Waals surface area contributed by atoms with Gasteiger partial charge in [-0.2, -0.15) is 4.99 Å². The van der Waals surface area contributed by atoms with Crippen LogP contribution in [-0.2, 0) is 0 Å². The number of benzene rings is 3. The standard InChI is InChI=1S/C32H28F4N6O2S/c1-19(2)27-15-24(33)9-14-28(27)42-21(4)17-45-31(42)39-30(43)37-16-20(3)22-5-7-23(8-6-22)29-38-18-41(40-29)25-10-12-26(13-11-25)44-32(34,35)36/h5-19H,1-4H3,(H,37,43)/b20-16+,39-31?. The number of allylic oxidation sites excluding steroid dienone is 1. The molecule has 2 amide bonds. The fraction of sp³-hybridized carbons (Fsp3) is 0.188. The molecule has 45 heavy (non-hydrogen) atoms. The Morgan fingerprint density at radius 1 is 1.07 bits per heavy atom. The van der Waals surface area contributed by atoms with Gasteiger partial charge >= 0.3 is 12.4 Å². The van der Waals surface area contributed by atoms with E-state index in [0.29, 0.717) is 16.3 Å². The predicted molar refractivity (Wildman–Crippen MR) is 164 cm³/mol. The molecule has 0 radical (unpaired) electrons. The lowest BCUT2D eigenvalue weighted by atomic mass is 10.0. The molecular formula is C32H28F4N6O2S. The molecule has 0 saturated carbocycles. The van der Waals surface area contributed by atoms with Gasteiger partial charge in [-0.25, -0.2) is 18.9 Å². The van der Waals surface area contributed by atoms with Crippen molar-refractivity contribution in [3.05, 3.63) is 112 Å². The van der Waals surface area contributed by atoms with Crippen LogP contribution in [0.25, 0.3) is 28.3 Å². The van der Waals surface area contributed by atoms with E-state index >= 15 is 0 Å². The summed E-state index contributed by atoms with van der Waals surface area (Å²) >= 11 is 1.32. The van der Waals surface area contributed by atoms with Crippen LogP contribution in [0.2, 0.25) is 0 Å². The van der Waals surface area contributed by atoms with E-state index in [1.54, 1.807) is 12.3 Å². The number of carbonyl (C=O) groups excluding carboxylic acids is 1. The number of amides is 2. The Balaban J connectivity index is 1.28. The number of rotatable bonds is 7. The molecule has 0 fully saturated rings. The molecular weight excluding hydrogens is 608 g/mol. The Bertz CT molecular complexity index is 1920. The molecule has 0 spiro atoms. The van der Waals surface area contributed by atoms with Crippen molar-refractivity contribution in [1.82, 2.24) is 24.6 Å². The number of nitrogens with zero attached hydrogens (tertiary/aromatic N) is 5. The second kappa shape index (κ2) is 12.9. The van der Waals surface area contributed by atoms with E-state index in [2.05, 4.69) is 25.1 Å². The Morgan fingerprint density at radius 3 is 2.44 bits per heavy atom. The van der Waals surface area contributed by atoms with Crippen molar-refractivity contribution in [2.45, 2.75) is 40.0 Å². The van der Waals surface area contributed by atoms with Gasteiger partial charge in [-0.3, -0.25) is 4.57 Å². The Kier molecular flexibility index (Phi) is 9.00. The largest absolute Gasteiger partial charge is 0.573 e. The van der Waals surface area contributed by atoms with Gasteiger partial charge in [0.2, 0.25) is 0 Å². The van der Waals surface area contributed by atoms with Crippen LogP contribution >= 0.6 is 11.3 Å². The minimum atomic E-state index is -4.76. The monoisotopic (exact) mass is 636 g/mol. The molecule has 5 rings (SSSR count). The quantitative estimate of drug-likeness (QED) is 0.184. The summed E-state index contributed by atoms with van der Waals surface area (Å²) < 4.78 is 58.4. The molecule has 13 heteroatoms. The molecule has 0 bridgehead atoms.